The summed E-state index contributed by atoms with van der Waals surface area (Å²) in [5.74, 6) is 1.85. The smallest absolute Gasteiger partial charge is 0.240 e. The molecule has 1 aliphatic heterocycles. The van der Waals surface area contributed by atoms with Gasteiger partial charge < -0.3 is 4.74 Å². The van der Waals surface area contributed by atoms with Crippen LogP contribution in [0.1, 0.15) is 18.9 Å². The highest BCUT2D eigenvalue weighted by Gasteiger charge is 2.35. The number of aryl methyl sites for hydroxylation is 1. The third-order valence-corrected chi connectivity index (χ3v) is 6.37. The minimum atomic E-state index is -3.46. The van der Waals surface area contributed by atoms with Crippen molar-refractivity contribution < 1.29 is 13.2 Å². The second-order valence-corrected chi connectivity index (χ2v) is 7.88. The van der Waals surface area contributed by atoms with Gasteiger partial charge in [-0.3, -0.25) is 0 Å². The SMILES string of the molecule is CCc1ccc(S(=O)(=O)NCC2(OC)CCSC2)cc1. The molecule has 6 heteroatoms. The monoisotopic (exact) mass is 315 g/mol. The van der Waals surface area contributed by atoms with Gasteiger partial charge >= 0.3 is 0 Å². The predicted octanol–water partition coefficient (Wildman–Crippen LogP) is 2.05. The Morgan fingerprint density at radius 3 is 2.55 bits per heavy atom. The molecular weight excluding hydrogens is 294 g/mol. The van der Waals surface area contributed by atoms with E-state index >= 15 is 0 Å². The van der Waals surface area contributed by atoms with Crippen molar-refractivity contribution >= 4 is 21.8 Å². The van der Waals surface area contributed by atoms with Crippen molar-refractivity contribution in [3.8, 4) is 0 Å². The molecule has 1 saturated heterocycles. The fourth-order valence-electron chi connectivity index (χ4n) is 2.18. The molecule has 0 aromatic heterocycles. The van der Waals surface area contributed by atoms with E-state index in [1.54, 1.807) is 31.0 Å². The Bertz CT molecular complexity index is 534. The van der Waals surface area contributed by atoms with Crippen molar-refractivity contribution in [1.29, 1.82) is 0 Å². The van der Waals surface area contributed by atoms with Crippen LogP contribution in [0.5, 0.6) is 0 Å². The number of thioether (sulfide) groups is 1. The molecule has 1 fully saturated rings. The van der Waals surface area contributed by atoms with Gasteiger partial charge in [-0.05, 0) is 36.3 Å². The Labute approximate surface area is 125 Å². The van der Waals surface area contributed by atoms with E-state index in [0.29, 0.717) is 11.4 Å². The minimum absolute atomic E-state index is 0.312. The molecule has 0 bridgehead atoms. The molecule has 1 N–H and O–H groups in total. The van der Waals surface area contributed by atoms with E-state index in [1.807, 2.05) is 19.1 Å². The number of sulfonamides is 1. The average molecular weight is 315 g/mol. The molecule has 0 saturated carbocycles. The molecule has 0 aliphatic carbocycles. The zero-order valence-electron chi connectivity index (χ0n) is 11.9. The highest BCUT2D eigenvalue weighted by atomic mass is 32.2. The summed E-state index contributed by atoms with van der Waals surface area (Å²) in [7, 11) is -1.81. The van der Waals surface area contributed by atoms with Gasteiger partial charge in [-0.2, -0.15) is 11.8 Å². The normalized spacial score (nSPS) is 23.1. The van der Waals surface area contributed by atoms with E-state index in [-0.39, 0.29) is 5.60 Å². The zero-order chi connectivity index (χ0) is 14.6. The van der Waals surface area contributed by atoms with Gasteiger partial charge in [0.1, 0.15) is 0 Å². The number of methoxy groups -OCH3 is 1. The van der Waals surface area contributed by atoms with Crippen LogP contribution in [0.4, 0.5) is 0 Å². The fraction of sp³-hybridized carbons (Fsp3) is 0.571. The number of benzene rings is 1. The molecule has 112 valence electrons. The second kappa shape index (κ2) is 6.47. The van der Waals surface area contributed by atoms with Crippen molar-refractivity contribution in [3.63, 3.8) is 0 Å². The molecule has 1 atom stereocenters. The molecule has 0 radical (unpaired) electrons. The van der Waals surface area contributed by atoms with Crippen molar-refractivity contribution in [3.05, 3.63) is 29.8 Å². The van der Waals surface area contributed by atoms with E-state index in [9.17, 15) is 8.42 Å². The van der Waals surface area contributed by atoms with Crippen molar-refractivity contribution in [2.24, 2.45) is 0 Å². The van der Waals surface area contributed by atoms with Crippen LogP contribution in [-0.2, 0) is 21.2 Å². The standard InChI is InChI=1S/C14H21NO3S2/c1-3-12-4-6-13(7-5-12)20(16,17)15-10-14(18-2)8-9-19-11-14/h4-7,15H,3,8-11H2,1-2H3. The number of rotatable bonds is 6. The summed E-state index contributed by atoms with van der Waals surface area (Å²) in [5.41, 5.74) is 0.769. The van der Waals surface area contributed by atoms with E-state index in [2.05, 4.69) is 4.72 Å². The van der Waals surface area contributed by atoms with Crippen molar-refractivity contribution in [1.82, 2.24) is 4.72 Å². The lowest BCUT2D eigenvalue weighted by Crippen LogP contribution is -2.44. The van der Waals surface area contributed by atoms with Crippen LogP contribution in [0, 0.1) is 0 Å². The molecule has 20 heavy (non-hydrogen) atoms. The highest BCUT2D eigenvalue weighted by Crippen LogP contribution is 2.30. The first-order valence-corrected chi connectivity index (χ1v) is 9.37. The number of hydrogen-bond acceptors (Lipinski definition) is 4. The van der Waals surface area contributed by atoms with E-state index in [0.717, 1.165) is 29.9 Å². The average Bonchev–Trinajstić information content (AvgIpc) is 2.95. The fourth-order valence-corrected chi connectivity index (χ4v) is 4.69. The first kappa shape index (κ1) is 15.8. The molecular formula is C14H21NO3S2. The molecule has 2 rings (SSSR count). The third-order valence-electron chi connectivity index (χ3n) is 3.73. The molecule has 1 aromatic rings. The Kier molecular flexibility index (Phi) is 5.12. The minimum Gasteiger partial charge on any atom is -0.376 e. The number of ether oxygens (including phenoxy) is 1. The van der Waals surface area contributed by atoms with Gasteiger partial charge in [0.2, 0.25) is 10.0 Å². The van der Waals surface area contributed by atoms with Crippen molar-refractivity contribution in [2.75, 3.05) is 25.2 Å². The van der Waals surface area contributed by atoms with E-state index in [4.69, 9.17) is 4.74 Å². The van der Waals surface area contributed by atoms with Crippen LogP contribution in [0.3, 0.4) is 0 Å². The Balaban J connectivity index is 2.06. The first-order valence-electron chi connectivity index (χ1n) is 6.73. The molecule has 1 heterocycles. The molecule has 1 aromatic carbocycles. The van der Waals surface area contributed by atoms with Crippen LogP contribution < -0.4 is 4.72 Å². The third kappa shape index (κ3) is 3.55. The summed E-state index contributed by atoms with van der Waals surface area (Å²) in [5, 5.41) is 0. The largest absolute Gasteiger partial charge is 0.376 e. The van der Waals surface area contributed by atoms with Gasteiger partial charge in [-0.25, -0.2) is 13.1 Å². The predicted molar refractivity (Wildman–Crippen MR) is 82.7 cm³/mol. The maximum atomic E-state index is 12.3. The molecule has 4 nitrogen and oxygen atoms in total. The highest BCUT2D eigenvalue weighted by molar-refractivity contribution is 7.99. The van der Waals surface area contributed by atoms with Gasteiger partial charge in [0.05, 0.1) is 10.5 Å². The molecule has 0 amide bonds. The van der Waals surface area contributed by atoms with Gasteiger partial charge in [0, 0.05) is 19.4 Å². The van der Waals surface area contributed by atoms with Gasteiger partial charge in [-0.15, -0.1) is 0 Å². The van der Waals surface area contributed by atoms with Crippen LogP contribution in [0.25, 0.3) is 0 Å². The summed E-state index contributed by atoms with van der Waals surface area (Å²) in [4.78, 5) is 0.312. The lowest BCUT2D eigenvalue weighted by molar-refractivity contribution is 0.0179. The van der Waals surface area contributed by atoms with Gasteiger partial charge in [0.15, 0.2) is 0 Å². The summed E-state index contributed by atoms with van der Waals surface area (Å²) in [6.45, 7) is 2.37. The zero-order valence-corrected chi connectivity index (χ0v) is 13.5. The number of hydrogen-bond donors (Lipinski definition) is 1. The van der Waals surface area contributed by atoms with Crippen LogP contribution in [0.2, 0.25) is 0 Å². The van der Waals surface area contributed by atoms with E-state index < -0.39 is 10.0 Å². The maximum absolute atomic E-state index is 12.3. The van der Waals surface area contributed by atoms with Crippen LogP contribution in [-0.4, -0.2) is 39.2 Å². The van der Waals surface area contributed by atoms with Gasteiger partial charge in [0.25, 0.3) is 0 Å². The summed E-state index contributed by atoms with van der Waals surface area (Å²) >= 11 is 1.80. The summed E-state index contributed by atoms with van der Waals surface area (Å²) in [6.07, 6.45) is 1.78. The Morgan fingerprint density at radius 2 is 2.05 bits per heavy atom. The number of nitrogens with one attached hydrogen (secondary N) is 1. The molecule has 1 aliphatic rings. The lowest BCUT2D eigenvalue weighted by Gasteiger charge is -2.26. The van der Waals surface area contributed by atoms with E-state index in [1.165, 1.54) is 0 Å². The topological polar surface area (TPSA) is 55.4 Å². The maximum Gasteiger partial charge on any atom is 0.240 e. The first-order chi connectivity index (χ1) is 9.51. The van der Waals surface area contributed by atoms with Gasteiger partial charge in [-0.1, -0.05) is 19.1 Å². The summed E-state index contributed by atoms with van der Waals surface area (Å²) in [6, 6.07) is 7.02. The molecule has 1 unspecified atom stereocenters. The van der Waals surface area contributed by atoms with Crippen LogP contribution >= 0.6 is 11.8 Å². The quantitative estimate of drug-likeness (QED) is 0.873. The summed E-state index contributed by atoms with van der Waals surface area (Å²) < 4.78 is 32.7. The molecule has 0 spiro atoms. The lowest BCUT2D eigenvalue weighted by atomic mass is 10.0. The second-order valence-electron chi connectivity index (χ2n) is 5.01. The Hall–Kier alpha value is -0.560. The Morgan fingerprint density at radius 1 is 1.35 bits per heavy atom. The van der Waals surface area contributed by atoms with Crippen molar-refractivity contribution in [2.45, 2.75) is 30.3 Å². The van der Waals surface area contributed by atoms with Crippen LogP contribution in [0.15, 0.2) is 29.2 Å².